The van der Waals surface area contributed by atoms with Gasteiger partial charge < -0.3 is 29.5 Å². The number of aliphatic hydroxyl groups is 1. The minimum Gasteiger partial charge on any atom is -0.464 e. The summed E-state index contributed by atoms with van der Waals surface area (Å²) in [6.07, 6.45) is 3.85. The molecule has 0 radical (unpaired) electrons. The van der Waals surface area contributed by atoms with Gasteiger partial charge >= 0.3 is 5.97 Å². The Morgan fingerprint density at radius 1 is 1.32 bits per heavy atom. The third-order valence-corrected chi connectivity index (χ3v) is 4.88. The number of anilines is 2. The number of nitrogens with one attached hydrogen (secondary N) is 2. The third-order valence-electron chi connectivity index (χ3n) is 4.88. The van der Waals surface area contributed by atoms with Crippen molar-refractivity contribution < 1.29 is 23.8 Å². The largest absolute Gasteiger partial charge is 0.464 e. The molecule has 0 fully saturated rings. The van der Waals surface area contributed by atoms with E-state index >= 15 is 0 Å². The maximum absolute atomic E-state index is 12.8. The summed E-state index contributed by atoms with van der Waals surface area (Å²) >= 11 is 0. The molecule has 1 amide bonds. The van der Waals surface area contributed by atoms with Crippen molar-refractivity contribution in [2.24, 2.45) is 5.92 Å². The van der Waals surface area contributed by atoms with Gasteiger partial charge in [-0.15, -0.1) is 0 Å². The van der Waals surface area contributed by atoms with Crippen molar-refractivity contribution in [2.45, 2.75) is 39.8 Å². The molecular weight excluding hydrogens is 400 g/mol. The quantitative estimate of drug-likeness (QED) is 0.446. The van der Waals surface area contributed by atoms with E-state index in [1.54, 1.807) is 29.0 Å². The van der Waals surface area contributed by atoms with Gasteiger partial charge in [-0.05, 0) is 37.5 Å². The number of methoxy groups -OCH3 is 1. The van der Waals surface area contributed by atoms with Crippen LogP contribution in [0.4, 0.5) is 11.4 Å². The number of pyridine rings is 1. The van der Waals surface area contributed by atoms with Crippen LogP contribution in [0.5, 0.6) is 0 Å². The predicted octanol–water partition coefficient (Wildman–Crippen LogP) is 3.51. The highest BCUT2D eigenvalue weighted by Gasteiger charge is 2.27. The van der Waals surface area contributed by atoms with Crippen LogP contribution < -0.4 is 10.6 Å². The molecule has 31 heavy (non-hydrogen) atoms. The molecular formula is C22H28N4O5. The number of hydrogen-bond acceptors (Lipinski definition) is 7. The Bertz CT molecular complexity index is 1060. The first kappa shape index (κ1) is 22.4. The molecule has 9 nitrogen and oxygen atoms in total. The summed E-state index contributed by atoms with van der Waals surface area (Å²) in [4.78, 5) is 30.0. The summed E-state index contributed by atoms with van der Waals surface area (Å²) in [6.45, 7) is 6.49. The van der Waals surface area contributed by atoms with E-state index < -0.39 is 11.9 Å². The molecule has 0 saturated carbocycles. The second-order valence-corrected chi connectivity index (χ2v) is 7.80. The molecule has 0 spiro atoms. The molecule has 0 unspecified atom stereocenters. The van der Waals surface area contributed by atoms with Gasteiger partial charge in [0.05, 0.1) is 37.6 Å². The number of esters is 1. The number of rotatable bonds is 9. The summed E-state index contributed by atoms with van der Waals surface area (Å²) in [5.41, 5.74) is 1.73. The average molecular weight is 428 g/mol. The van der Waals surface area contributed by atoms with E-state index in [0.717, 1.165) is 6.42 Å². The van der Waals surface area contributed by atoms with Crippen molar-refractivity contribution in [3.63, 3.8) is 0 Å². The van der Waals surface area contributed by atoms with Crippen molar-refractivity contribution in [3.8, 4) is 0 Å². The fourth-order valence-corrected chi connectivity index (χ4v) is 3.26. The lowest BCUT2D eigenvalue weighted by molar-refractivity contribution is 0.0589. The number of amides is 1. The smallest absolute Gasteiger partial charge is 0.356 e. The molecule has 3 aromatic heterocycles. The molecule has 9 heteroatoms. The fraction of sp³-hybridized carbons (Fsp3) is 0.409. The highest BCUT2D eigenvalue weighted by molar-refractivity contribution is 6.14. The molecule has 0 bridgehead atoms. The number of carbonyl (C=O) groups excluding carboxylic acids is 2. The lowest BCUT2D eigenvalue weighted by atomic mass is 10.1. The Morgan fingerprint density at radius 3 is 2.71 bits per heavy atom. The Kier molecular flexibility index (Phi) is 6.96. The van der Waals surface area contributed by atoms with Gasteiger partial charge in [0, 0.05) is 18.0 Å². The number of ether oxygens (including phenoxy) is 1. The van der Waals surface area contributed by atoms with E-state index in [4.69, 9.17) is 9.15 Å². The molecule has 0 aliphatic rings. The van der Waals surface area contributed by atoms with Crippen molar-refractivity contribution in [2.75, 3.05) is 24.4 Å². The number of aryl methyl sites for hydroxylation is 1. The van der Waals surface area contributed by atoms with E-state index in [-0.39, 0.29) is 24.1 Å². The van der Waals surface area contributed by atoms with Gasteiger partial charge in [0.1, 0.15) is 5.65 Å². The van der Waals surface area contributed by atoms with Crippen LogP contribution in [-0.4, -0.2) is 46.3 Å². The highest BCUT2D eigenvalue weighted by atomic mass is 16.5. The second-order valence-electron chi connectivity index (χ2n) is 7.80. The lowest BCUT2D eigenvalue weighted by Crippen LogP contribution is -2.19. The van der Waals surface area contributed by atoms with Gasteiger partial charge in [-0.2, -0.15) is 0 Å². The fourth-order valence-electron chi connectivity index (χ4n) is 3.26. The van der Waals surface area contributed by atoms with Gasteiger partial charge in [-0.3, -0.25) is 4.79 Å². The van der Waals surface area contributed by atoms with E-state index in [0.29, 0.717) is 34.9 Å². The van der Waals surface area contributed by atoms with Crippen LogP contribution in [0.15, 0.2) is 35.1 Å². The zero-order valence-electron chi connectivity index (χ0n) is 18.1. The summed E-state index contributed by atoms with van der Waals surface area (Å²) < 4.78 is 12.0. The van der Waals surface area contributed by atoms with Gasteiger partial charge in [0.25, 0.3) is 5.91 Å². The van der Waals surface area contributed by atoms with Gasteiger partial charge in [-0.1, -0.05) is 13.8 Å². The summed E-state index contributed by atoms with van der Waals surface area (Å²) in [5, 5.41) is 15.9. The Balaban J connectivity index is 2.17. The van der Waals surface area contributed by atoms with Gasteiger partial charge in [-0.25, -0.2) is 9.78 Å². The number of fused-ring (bicyclic) bond motifs is 1. The Hall–Kier alpha value is -3.33. The zero-order valence-corrected chi connectivity index (χ0v) is 18.1. The average Bonchev–Trinajstić information content (AvgIpc) is 3.38. The van der Waals surface area contributed by atoms with E-state index in [1.165, 1.54) is 13.4 Å². The van der Waals surface area contributed by atoms with Crippen LogP contribution in [0.25, 0.3) is 11.0 Å². The van der Waals surface area contributed by atoms with Crippen LogP contribution in [0.3, 0.4) is 0 Å². The van der Waals surface area contributed by atoms with Crippen molar-refractivity contribution in [1.29, 1.82) is 0 Å². The van der Waals surface area contributed by atoms with Crippen molar-refractivity contribution in [1.82, 2.24) is 9.55 Å². The number of nitrogens with zero attached hydrogens (tertiary/aromatic N) is 2. The summed E-state index contributed by atoms with van der Waals surface area (Å²) in [7, 11) is 1.30. The van der Waals surface area contributed by atoms with Crippen LogP contribution in [0.1, 0.15) is 48.2 Å². The first-order valence-corrected chi connectivity index (χ1v) is 10.2. The van der Waals surface area contributed by atoms with Gasteiger partial charge in [0.2, 0.25) is 0 Å². The number of aliphatic hydroxyl groups excluding tert-OH is 1. The first-order chi connectivity index (χ1) is 14.8. The van der Waals surface area contributed by atoms with Crippen LogP contribution in [-0.2, 0) is 11.3 Å². The van der Waals surface area contributed by atoms with Crippen molar-refractivity contribution >= 4 is 34.3 Å². The SMILES string of the molecule is COC(=O)c1c(NC(=O)c2ccco2)c2cc(N[C@H](C)CO)cnc2n1CCC(C)C. The topological polar surface area (TPSA) is 119 Å². The van der Waals surface area contributed by atoms with Gasteiger partial charge in [0.15, 0.2) is 11.5 Å². The summed E-state index contributed by atoms with van der Waals surface area (Å²) in [6, 6.07) is 4.76. The van der Waals surface area contributed by atoms with Crippen LogP contribution in [0.2, 0.25) is 0 Å². The van der Waals surface area contributed by atoms with E-state index in [2.05, 4.69) is 29.5 Å². The number of aromatic nitrogens is 2. The number of carbonyl (C=O) groups is 2. The standard InChI is InChI=1S/C22H28N4O5/c1-13(2)7-8-26-19(22(29)30-4)18(25-21(28)17-6-5-9-31-17)16-10-15(11-23-20(16)26)24-14(3)12-27/h5-6,9-11,13-14,24,27H,7-8,12H2,1-4H3,(H,25,28)/t14-/m1/s1. The molecule has 166 valence electrons. The maximum Gasteiger partial charge on any atom is 0.356 e. The second kappa shape index (κ2) is 9.65. The number of furan rings is 1. The normalized spacial score (nSPS) is 12.2. The first-order valence-electron chi connectivity index (χ1n) is 10.2. The van der Waals surface area contributed by atoms with Crippen LogP contribution in [0, 0.1) is 5.92 Å². The molecule has 3 rings (SSSR count). The molecule has 0 aliphatic heterocycles. The molecule has 3 heterocycles. The molecule has 0 aliphatic carbocycles. The molecule has 1 atom stereocenters. The summed E-state index contributed by atoms with van der Waals surface area (Å²) in [5.74, 6) is -0.541. The maximum atomic E-state index is 12.8. The Morgan fingerprint density at radius 2 is 2.10 bits per heavy atom. The zero-order chi connectivity index (χ0) is 22.5. The minimum absolute atomic E-state index is 0.0526. The van der Waals surface area contributed by atoms with E-state index in [1.807, 2.05) is 6.92 Å². The lowest BCUT2D eigenvalue weighted by Gasteiger charge is -2.12. The Labute approximate surface area is 180 Å². The molecule has 0 aromatic carbocycles. The third kappa shape index (κ3) is 4.88. The monoisotopic (exact) mass is 428 g/mol. The predicted molar refractivity (Wildman–Crippen MR) is 117 cm³/mol. The number of hydrogen-bond donors (Lipinski definition) is 3. The molecule has 0 saturated heterocycles. The van der Waals surface area contributed by atoms with E-state index in [9.17, 15) is 14.7 Å². The molecule has 3 aromatic rings. The van der Waals surface area contributed by atoms with Crippen LogP contribution >= 0.6 is 0 Å². The highest BCUT2D eigenvalue weighted by Crippen LogP contribution is 2.33. The molecule has 3 N–H and O–H groups in total. The minimum atomic E-state index is -0.574. The van der Waals surface area contributed by atoms with Crippen molar-refractivity contribution in [3.05, 3.63) is 42.1 Å².